The number of hydrogen-bond acceptors (Lipinski definition) is 4. The number of rotatable bonds is 4. The summed E-state index contributed by atoms with van der Waals surface area (Å²) in [5, 5.41) is 0. The molecule has 4 rings (SSSR count). The van der Waals surface area contributed by atoms with Crippen LogP contribution in [0.1, 0.15) is 49.3 Å². The molecule has 1 aliphatic carbocycles. The molecule has 2 aromatic carbocycles. The maximum absolute atomic E-state index is 12.9. The number of carbonyl (C=O) groups excluding carboxylic acids is 2. The van der Waals surface area contributed by atoms with Gasteiger partial charge in [0, 0.05) is 5.57 Å². The van der Waals surface area contributed by atoms with E-state index in [4.69, 9.17) is 9.47 Å². The lowest BCUT2D eigenvalue weighted by atomic mass is 9.92. The number of benzene rings is 2. The molecule has 1 aliphatic heterocycles. The van der Waals surface area contributed by atoms with Gasteiger partial charge < -0.3 is 9.47 Å². The Morgan fingerprint density at radius 3 is 2.19 bits per heavy atom. The van der Waals surface area contributed by atoms with Crippen molar-refractivity contribution in [1.82, 2.24) is 0 Å². The standard InChI is InChI=1S/C23H22O4/c24-22(26-18-14-8-3-9-15-18)20-19(16-10-4-1-5-11-16)21(27-23(20)25)17-12-6-2-7-13-17/h1-2,4-7,10-13,18,21H,3,8-9,14-15H2. The SMILES string of the molecule is O=C(OC1CCCCC1)C1=C(c2ccccc2)C(c2ccccc2)OC1=O. The molecular formula is C23H22O4. The predicted octanol–water partition coefficient (Wildman–Crippen LogP) is 4.61. The summed E-state index contributed by atoms with van der Waals surface area (Å²) in [4.78, 5) is 25.5. The fraction of sp³-hybridized carbons (Fsp3) is 0.304. The second kappa shape index (κ2) is 7.78. The topological polar surface area (TPSA) is 52.6 Å². The normalized spacial score (nSPS) is 20.4. The molecule has 2 aromatic rings. The summed E-state index contributed by atoms with van der Waals surface area (Å²) >= 11 is 0. The Bertz CT molecular complexity index is 848. The van der Waals surface area contributed by atoms with E-state index >= 15 is 0 Å². The van der Waals surface area contributed by atoms with Crippen LogP contribution in [0.3, 0.4) is 0 Å². The van der Waals surface area contributed by atoms with Crippen molar-refractivity contribution in [3.05, 3.63) is 77.4 Å². The Morgan fingerprint density at radius 1 is 0.889 bits per heavy atom. The average molecular weight is 362 g/mol. The van der Waals surface area contributed by atoms with Gasteiger partial charge in [-0.25, -0.2) is 9.59 Å². The maximum Gasteiger partial charge on any atom is 0.347 e. The molecule has 0 spiro atoms. The van der Waals surface area contributed by atoms with E-state index in [0.717, 1.165) is 36.8 Å². The third-order valence-corrected chi connectivity index (χ3v) is 5.18. The van der Waals surface area contributed by atoms with Gasteiger partial charge in [0.15, 0.2) is 11.7 Å². The first-order valence-electron chi connectivity index (χ1n) is 9.50. The van der Waals surface area contributed by atoms with E-state index in [1.165, 1.54) is 6.42 Å². The van der Waals surface area contributed by atoms with E-state index in [1.807, 2.05) is 60.7 Å². The van der Waals surface area contributed by atoms with Crippen LogP contribution in [0.2, 0.25) is 0 Å². The molecule has 27 heavy (non-hydrogen) atoms. The molecule has 1 atom stereocenters. The summed E-state index contributed by atoms with van der Waals surface area (Å²) in [6.07, 6.45) is 4.28. The van der Waals surface area contributed by atoms with Crippen LogP contribution < -0.4 is 0 Å². The molecule has 1 saturated carbocycles. The Morgan fingerprint density at radius 2 is 1.52 bits per heavy atom. The van der Waals surface area contributed by atoms with Crippen molar-refractivity contribution in [1.29, 1.82) is 0 Å². The van der Waals surface area contributed by atoms with Gasteiger partial charge in [-0.1, -0.05) is 67.1 Å². The zero-order valence-corrected chi connectivity index (χ0v) is 15.1. The summed E-state index contributed by atoms with van der Waals surface area (Å²) in [6, 6.07) is 18.9. The maximum atomic E-state index is 12.9. The van der Waals surface area contributed by atoms with Crippen molar-refractivity contribution < 1.29 is 19.1 Å². The minimum atomic E-state index is -0.608. The second-order valence-electron chi connectivity index (χ2n) is 7.02. The van der Waals surface area contributed by atoms with Crippen LogP contribution in [0.5, 0.6) is 0 Å². The van der Waals surface area contributed by atoms with Gasteiger partial charge >= 0.3 is 11.9 Å². The lowest BCUT2D eigenvalue weighted by molar-refractivity contribution is -0.150. The Hall–Kier alpha value is -2.88. The third-order valence-electron chi connectivity index (χ3n) is 5.18. The smallest absolute Gasteiger partial charge is 0.347 e. The lowest BCUT2D eigenvalue weighted by Gasteiger charge is -2.21. The highest BCUT2D eigenvalue weighted by Gasteiger charge is 2.41. The Labute approximate surface area is 158 Å². The van der Waals surface area contributed by atoms with Crippen LogP contribution in [-0.4, -0.2) is 18.0 Å². The van der Waals surface area contributed by atoms with Crippen LogP contribution in [0.4, 0.5) is 0 Å². The van der Waals surface area contributed by atoms with E-state index in [9.17, 15) is 9.59 Å². The van der Waals surface area contributed by atoms with Crippen LogP contribution >= 0.6 is 0 Å². The molecule has 0 amide bonds. The summed E-state index contributed by atoms with van der Waals surface area (Å²) in [6.45, 7) is 0. The third kappa shape index (κ3) is 3.65. The van der Waals surface area contributed by atoms with E-state index < -0.39 is 18.0 Å². The first-order valence-corrected chi connectivity index (χ1v) is 9.50. The lowest BCUT2D eigenvalue weighted by Crippen LogP contribution is -2.24. The van der Waals surface area contributed by atoms with Gasteiger partial charge in [-0.2, -0.15) is 0 Å². The average Bonchev–Trinajstić information content (AvgIpc) is 3.07. The Balaban J connectivity index is 1.73. The number of esters is 2. The zero-order chi connectivity index (χ0) is 18.6. The monoisotopic (exact) mass is 362 g/mol. The van der Waals surface area contributed by atoms with E-state index in [1.54, 1.807) is 0 Å². The summed E-state index contributed by atoms with van der Waals surface area (Å²) in [7, 11) is 0. The molecule has 1 heterocycles. The quantitative estimate of drug-likeness (QED) is 0.588. The molecule has 138 valence electrons. The van der Waals surface area contributed by atoms with Crippen molar-refractivity contribution in [2.24, 2.45) is 0 Å². The molecule has 4 nitrogen and oxygen atoms in total. The van der Waals surface area contributed by atoms with Crippen LogP contribution in [0, 0.1) is 0 Å². The van der Waals surface area contributed by atoms with Crippen LogP contribution in [0.25, 0.3) is 5.57 Å². The van der Waals surface area contributed by atoms with Crippen molar-refractivity contribution >= 4 is 17.5 Å². The Kier molecular flexibility index (Phi) is 5.05. The largest absolute Gasteiger partial charge is 0.459 e. The molecule has 0 aromatic heterocycles. The summed E-state index contributed by atoms with van der Waals surface area (Å²) in [5.41, 5.74) is 2.26. The van der Waals surface area contributed by atoms with Gasteiger partial charge in [-0.15, -0.1) is 0 Å². The van der Waals surface area contributed by atoms with E-state index in [-0.39, 0.29) is 11.7 Å². The van der Waals surface area contributed by atoms with Crippen LogP contribution in [0.15, 0.2) is 66.2 Å². The second-order valence-corrected chi connectivity index (χ2v) is 7.02. The van der Waals surface area contributed by atoms with Gasteiger partial charge in [-0.05, 0) is 36.8 Å². The zero-order valence-electron chi connectivity index (χ0n) is 15.1. The van der Waals surface area contributed by atoms with Crippen molar-refractivity contribution in [3.8, 4) is 0 Å². The highest BCUT2D eigenvalue weighted by atomic mass is 16.6. The highest BCUT2D eigenvalue weighted by Crippen LogP contribution is 2.42. The predicted molar refractivity (Wildman–Crippen MR) is 102 cm³/mol. The van der Waals surface area contributed by atoms with Gasteiger partial charge in [0.2, 0.25) is 0 Å². The first kappa shape index (κ1) is 17.5. The van der Waals surface area contributed by atoms with Gasteiger partial charge in [0.05, 0.1) is 0 Å². The minimum absolute atomic E-state index is 0.0284. The van der Waals surface area contributed by atoms with Crippen molar-refractivity contribution in [2.75, 3.05) is 0 Å². The number of carbonyl (C=O) groups is 2. The van der Waals surface area contributed by atoms with Gasteiger partial charge in [-0.3, -0.25) is 0 Å². The molecule has 0 bridgehead atoms. The molecule has 0 saturated heterocycles. The van der Waals surface area contributed by atoms with E-state index in [2.05, 4.69) is 0 Å². The summed E-state index contributed by atoms with van der Waals surface area (Å²) < 4.78 is 11.3. The first-order chi connectivity index (χ1) is 13.2. The van der Waals surface area contributed by atoms with Crippen molar-refractivity contribution in [3.63, 3.8) is 0 Å². The number of cyclic esters (lactones) is 1. The molecule has 1 fully saturated rings. The highest BCUT2D eigenvalue weighted by molar-refractivity contribution is 6.22. The van der Waals surface area contributed by atoms with E-state index in [0.29, 0.717) is 5.57 Å². The van der Waals surface area contributed by atoms with Gasteiger partial charge in [0.1, 0.15) is 6.10 Å². The molecule has 1 unspecified atom stereocenters. The summed E-state index contributed by atoms with van der Waals surface area (Å²) in [5.74, 6) is -1.17. The fourth-order valence-electron chi connectivity index (χ4n) is 3.83. The fourth-order valence-corrected chi connectivity index (χ4v) is 3.83. The van der Waals surface area contributed by atoms with Crippen LogP contribution in [-0.2, 0) is 19.1 Å². The minimum Gasteiger partial charge on any atom is -0.459 e. The molecule has 4 heteroatoms. The number of hydrogen-bond donors (Lipinski definition) is 0. The van der Waals surface area contributed by atoms with Crippen molar-refractivity contribution in [2.45, 2.75) is 44.3 Å². The molecule has 2 aliphatic rings. The van der Waals surface area contributed by atoms with Gasteiger partial charge in [0.25, 0.3) is 0 Å². The molecule has 0 radical (unpaired) electrons. The number of ether oxygens (including phenoxy) is 2. The molecular weight excluding hydrogens is 340 g/mol. The molecule has 0 N–H and O–H groups in total.